The number of rotatable bonds is 14. The normalized spacial score (nSPS) is 15.4. The number of carboxylic acid groups (broad SMARTS) is 1. The second kappa shape index (κ2) is 20.7. The second-order valence-corrected chi connectivity index (χ2v) is 13.5. The zero-order valence-electron chi connectivity index (χ0n) is 27.9. The quantitative estimate of drug-likeness (QED) is 0.216. The summed E-state index contributed by atoms with van der Waals surface area (Å²) in [6.07, 6.45) is 15.3. The number of thiophene rings is 1. The molecule has 0 aliphatic heterocycles. The number of H-pyrrole nitrogens is 1. The van der Waals surface area contributed by atoms with Gasteiger partial charge in [0.25, 0.3) is 6.47 Å². The third-order valence-electron chi connectivity index (χ3n) is 7.88. The van der Waals surface area contributed by atoms with Gasteiger partial charge in [0, 0.05) is 22.6 Å². The van der Waals surface area contributed by atoms with E-state index >= 15 is 0 Å². The SMILES string of the molecule is C=C/C=c1/cc[nH]/c1=C(/CCC)c1ccc(CC)s1.CCCO[C@](C)(CC)CC(CC(C)CC)C(C)(C)C.O=CO. The first kappa shape index (κ1) is 38.9. The van der Waals surface area contributed by atoms with Crippen LogP contribution >= 0.6 is 11.3 Å². The Morgan fingerprint density at radius 1 is 1.10 bits per heavy atom. The number of hydrogen-bond acceptors (Lipinski definition) is 3. The van der Waals surface area contributed by atoms with Crippen LogP contribution in [0, 0.1) is 17.3 Å². The minimum atomic E-state index is -0.250. The van der Waals surface area contributed by atoms with Crippen molar-refractivity contribution in [3.8, 4) is 0 Å². The molecule has 0 amide bonds. The Bertz CT molecular complexity index is 1090. The molecule has 0 spiro atoms. The van der Waals surface area contributed by atoms with Crippen molar-refractivity contribution < 1.29 is 14.6 Å². The number of allylic oxidation sites excluding steroid dienone is 1. The van der Waals surface area contributed by atoms with Gasteiger partial charge in [-0.25, -0.2) is 0 Å². The van der Waals surface area contributed by atoms with Crippen LogP contribution in [0.15, 0.2) is 37.1 Å². The van der Waals surface area contributed by atoms with Crippen molar-refractivity contribution in [2.45, 2.75) is 126 Å². The number of carbonyl (C=O) groups is 1. The highest BCUT2D eigenvalue weighted by atomic mass is 32.1. The first-order valence-corrected chi connectivity index (χ1v) is 16.5. The maximum Gasteiger partial charge on any atom is 0.290 e. The van der Waals surface area contributed by atoms with Crippen molar-refractivity contribution in [1.29, 1.82) is 0 Å². The summed E-state index contributed by atoms with van der Waals surface area (Å²) < 4.78 is 6.17. The lowest BCUT2D eigenvalue weighted by atomic mass is 9.70. The third-order valence-corrected chi connectivity index (χ3v) is 9.16. The molecule has 0 bridgehead atoms. The summed E-state index contributed by atoms with van der Waals surface area (Å²) in [5.41, 5.74) is 1.85. The minimum Gasteiger partial charge on any atom is -0.483 e. The van der Waals surface area contributed by atoms with E-state index in [-0.39, 0.29) is 12.1 Å². The molecule has 234 valence electrons. The van der Waals surface area contributed by atoms with E-state index in [9.17, 15) is 0 Å². The van der Waals surface area contributed by atoms with Crippen molar-refractivity contribution in [1.82, 2.24) is 4.98 Å². The van der Waals surface area contributed by atoms with Gasteiger partial charge in [0.2, 0.25) is 0 Å². The van der Waals surface area contributed by atoms with Gasteiger partial charge in [0.1, 0.15) is 0 Å². The zero-order chi connectivity index (χ0) is 31.5. The molecule has 2 heterocycles. The fraction of sp³-hybridized carbons (Fsp3) is 0.639. The highest BCUT2D eigenvalue weighted by Crippen LogP contribution is 2.39. The number of ether oxygens (including phenoxy) is 1. The molecule has 0 saturated heterocycles. The van der Waals surface area contributed by atoms with Crippen LogP contribution < -0.4 is 10.6 Å². The average Bonchev–Trinajstić information content (AvgIpc) is 3.60. The largest absolute Gasteiger partial charge is 0.483 e. The Hall–Kier alpha value is -2.11. The molecular formula is C36H61NO3S. The highest BCUT2D eigenvalue weighted by molar-refractivity contribution is 7.13. The lowest BCUT2D eigenvalue weighted by Gasteiger charge is -2.40. The predicted molar refractivity (Wildman–Crippen MR) is 181 cm³/mol. The first-order valence-electron chi connectivity index (χ1n) is 15.7. The van der Waals surface area contributed by atoms with Crippen molar-refractivity contribution in [2.75, 3.05) is 6.61 Å². The molecule has 41 heavy (non-hydrogen) atoms. The van der Waals surface area contributed by atoms with Crippen LogP contribution in [0.2, 0.25) is 0 Å². The molecule has 0 radical (unpaired) electrons. The monoisotopic (exact) mass is 587 g/mol. The van der Waals surface area contributed by atoms with Crippen LogP contribution in [0.1, 0.15) is 124 Å². The molecule has 2 aromatic heterocycles. The molecule has 2 N–H and O–H groups in total. The first-order chi connectivity index (χ1) is 19.4. The molecule has 2 aromatic rings. The van der Waals surface area contributed by atoms with Gasteiger partial charge < -0.3 is 14.8 Å². The molecule has 0 fully saturated rings. The van der Waals surface area contributed by atoms with Gasteiger partial charge in [-0.05, 0) is 91.7 Å². The van der Waals surface area contributed by atoms with Gasteiger partial charge in [-0.15, -0.1) is 11.3 Å². The van der Waals surface area contributed by atoms with E-state index in [0.29, 0.717) is 5.41 Å². The summed E-state index contributed by atoms with van der Waals surface area (Å²) in [5, 5.41) is 9.36. The van der Waals surface area contributed by atoms with Crippen molar-refractivity contribution in [3.63, 3.8) is 0 Å². The van der Waals surface area contributed by atoms with E-state index in [1.165, 1.54) is 45.2 Å². The Kier molecular flexibility index (Phi) is 19.7. The molecular weight excluding hydrogens is 526 g/mol. The summed E-state index contributed by atoms with van der Waals surface area (Å²) in [4.78, 5) is 14.6. The maximum atomic E-state index is 8.36. The molecule has 5 heteroatoms. The van der Waals surface area contributed by atoms with E-state index in [2.05, 4.69) is 105 Å². The van der Waals surface area contributed by atoms with Gasteiger partial charge in [-0.1, -0.05) is 93.9 Å². The van der Waals surface area contributed by atoms with E-state index in [1.54, 1.807) is 0 Å². The van der Waals surface area contributed by atoms with Gasteiger partial charge in [0.15, 0.2) is 0 Å². The number of aromatic nitrogens is 1. The fourth-order valence-corrected chi connectivity index (χ4v) is 5.86. The number of nitrogens with one attached hydrogen (secondary N) is 1. The molecule has 0 aliphatic carbocycles. The smallest absolute Gasteiger partial charge is 0.290 e. The molecule has 2 rings (SSSR count). The molecule has 0 aliphatic rings. The molecule has 4 nitrogen and oxygen atoms in total. The Morgan fingerprint density at radius 2 is 1.76 bits per heavy atom. The Balaban J connectivity index is 0.000000712. The predicted octanol–water partition coefficient (Wildman–Crippen LogP) is 9.38. The summed E-state index contributed by atoms with van der Waals surface area (Å²) in [5.74, 6) is 1.56. The number of hydrogen-bond donors (Lipinski definition) is 2. The number of aryl methyl sites for hydroxylation is 1. The molecule has 0 saturated carbocycles. The van der Waals surface area contributed by atoms with Crippen molar-refractivity contribution >= 4 is 29.5 Å². The van der Waals surface area contributed by atoms with Crippen LogP contribution in [0.5, 0.6) is 0 Å². The van der Waals surface area contributed by atoms with Crippen LogP contribution in [0.3, 0.4) is 0 Å². The van der Waals surface area contributed by atoms with Gasteiger partial charge >= 0.3 is 0 Å². The fourth-order valence-electron chi connectivity index (χ4n) is 4.83. The zero-order valence-corrected chi connectivity index (χ0v) is 28.8. The van der Waals surface area contributed by atoms with Crippen molar-refractivity contribution in [2.24, 2.45) is 17.3 Å². The second-order valence-electron chi connectivity index (χ2n) is 12.3. The molecule has 2 unspecified atom stereocenters. The van der Waals surface area contributed by atoms with Crippen LogP contribution in [-0.2, 0) is 16.0 Å². The van der Waals surface area contributed by atoms with Gasteiger partial charge in [-0.3, -0.25) is 4.79 Å². The Morgan fingerprint density at radius 3 is 2.22 bits per heavy atom. The minimum absolute atomic E-state index is 0.0570. The standard InChI is InChI=1S/C18H38O.C17H21NS.CH2O2/c1-9-12-19-18(8,11-3)14-16(17(5,6)7)13-15(4)10-2;1-4-7-13-11-12-18-17(13)15(8-5-2)16-10-9-14(6-3)19-16;2-1-3/h15-16H,9-14H2,1-8H3;4,7,9-12,18H,1,5-6,8H2,2-3H3;1H,(H,2,3)/b;13-7-,17-15-;/t15?,16?,18-;;/m1../s1. The lowest BCUT2D eigenvalue weighted by molar-refractivity contribution is -0.122. The summed E-state index contributed by atoms with van der Waals surface area (Å²) in [6.45, 7) is 27.5. The van der Waals surface area contributed by atoms with Gasteiger partial charge in [0.05, 0.1) is 11.0 Å². The van der Waals surface area contributed by atoms with Crippen LogP contribution in [-0.4, -0.2) is 28.8 Å². The lowest BCUT2D eigenvalue weighted by Crippen LogP contribution is -2.36. The summed E-state index contributed by atoms with van der Waals surface area (Å²) in [7, 11) is 0. The summed E-state index contributed by atoms with van der Waals surface area (Å²) in [6, 6.07) is 6.61. The van der Waals surface area contributed by atoms with E-state index < -0.39 is 0 Å². The van der Waals surface area contributed by atoms with E-state index in [4.69, 9.17) is 14.6 Å². The van der Waals surface area contributed by atoms with E-state index in [0.717, 1.165) is 50.5 Å². The topological polar surface area (TPSA) is 62.3 Å². The van der Waals surface area contributed by atoms with Crippen LogP contribution in [0.25, 0.3) is 11.6 Å². The molecule has 3 atom stereocenters. The van der Waals surface area contributed by atoms with Crippen molar-refractivity contribution in [3.05, 3.63) is 57.4 Å². The number of aromatic amines is 1. The van der Waals surface area contributed by atoms with Gasteiger partial charge in [-0.2, -0.15) is 0 Å². The Labute approximate surface area is 256 Å². The average molecular weight is 588 g/mol. The van der Waals surface area contributed by atoms with Crippen LogP contribution in [0.4, 0.5) is 0 Å². The van der Waals surface area contributed by atoms with E-state index in [1.807, 2.05) is 23.6 Å². The highest BCUT2D eigenvalue weighted by Gasteiger charge is 2.34. The summed E-state index contributed by atoms with van der Waals surface area (Å²) >= 11 is 1.91. The molecule has 0 aromatic carbocycles. The third kappa shape index (κ3) is 14.6. The maximum absolute atomic E-state index is 8.36.